The average molecular weight is 473 g/mol. The van der Waals surface area contributed by atoms with Crippen LogP contribution in [0.5, 0.6) is 0 Å². The highest BCUT2D eigenvalue weighted by atomic mass is 16.6. The first-order chi connectivity index (χ1) is 15.8. The molecule has 34 heavy (non-hydrogen) atoms. The molecule has 0 aliphatic heterocycles. The molecule has 9 atom stereocenters. The molecule has 0 heterocycles. The van der Waals surface area contributed by atoms with Gasteiger partial charge in [0, 0.05) is 36.5 Å². The molecule has 0 radical (unpaired) electrons. The first-order valence-corrected chi connectivity index (χ1v) is 12.3. The molecular weight excluding hydrogens is 436 g/mol. The van der Waals surface area contributed by atoms with Crippen molar-refractivity contribution in [3.05, 3.63) is 23.8 Å². The molecule has 0 amide bonds. The topological polar surface area (TPSA) is 107 Å². The zero-order valence-electron chi connectivity index (χ0n) is 20.9. The molecule has 3 fully saturated rings. The molecule has 4 rings (SSSR count). The van der Waals surface area contributed by atoms with Gasteiger partial charge in [-0.2, -0.15) is 0 Å². The number of fused-ring (bicyclic) bond motifs is 5. The minimum atomic E-state index is -1.48. The van der Waals surface area contributed by atoms with Gasteiger partial charge in [0.2, 0.25) is 5.78 Å². The van der Waals surface area contributed by atoms with Crippen molar-refractivity contribution in [1.29, 1.82) is 0 Å². The predicted molar refractivity (Wildman–Crippen MR) is 123 cm³/mol. The Bertz CT molecular complexity index is 995. The maximum atomic E-state index is 13.6. The normalized spacial score (nSPS) is 44.9. The van der Waals surface area contributed by atoms with Crippen LogP contribution in [0.3, 0.4) is 0 Å². The fraction of sp³-hybridized carbons (Fsp3) is 0.704. The number of rotatable bonds is 4. The summed E-state index contributed by atoms with van der Waals surface area (Å²) in [4.78, 5) is 49.5. The quantitative estimate of drug-likeness (QED) is 0.626. The second-order valence-electron chi connectivity index (χ2n) is 11.4. The molecule has 186 valence electrons. The Kier molecular flexibility index (Phi) is 5.95. The summed E-state index contributed by atoms with van der Waals surface area (Å²) in [6.07, 6.45) is 6.24. The van der Waals surface area contributed by atoms with E-state index in [0.29, 0.717) is 6.42 Å². The third kappa shape index (κ3) is 3.34. The number of esters is 2. The number of ketones is 2. The summed E-state index contributed by atoms with van der Waals surface area (Å²) in [7, 11) is 0. The van der Waals surface area contributed by atoms with Crippen LogP contribution < -0.4 is 0 Å². The number of aliphatic hydroxyl groups is 1. The van der Waals surface area contributed by atoms with Gasteiger partial charge in [-0.25, -0.2) is 0 Å². The van der Waals surface area contributed by atoms with E-state index in [-0.39, 0.29) is 41.8 Å². The molecule has 0 saturated heterocycles. The zero-order valence-corrected chi connectivity index (χ0v) is 20.9. The molecular formula is C27H36O7. The summed E-state index contributed by atoms with van der Waals surface area (Å²) in [5.41, 5.74) is -1.69. The number of ether oxygens (including phenoxy) is 2. The minimum Gasteiger partial charge on any atom is -0.458 e. The highest BCUT2D eigenvalue weighted by Gasteiger charge is 2.73. The number of allylic oxidation sites excluding steroid dienone is 4. The minimum absolute atomic E-state index is 0.0170. The molecule has 0 spiro atoms. The van der Waals surface area contributed by atoms with Gasteiger partial charge >= 0.3 is 11.9 Å². The smallest absolute Gasteiger partial charge is 0.303 e. The van der Waals surface area contributed by atoms with Crippen molar-refractivity contribution < 1.29 is 33.8 Å². The van der Waals surface area contributed by atoms with Crippen molar-refractivity contribution in [2.75, 3.05) is 6.61 Å². The van der Waals surface area contributed by atoms with Crippen molar-refractivity contribution in [3.63, 3.8) is 0 Å². The predicted octanol–water partition coefficient (Wildman–Crippen LogP) is 3.19. The molecule has 7 nitrogen and oxygen atoms in total. The Hall–Kier alpha value is -2.28. The highest BCUT2D eigenvalue weighted by Crippen LogP contribution is 2.69. The maximum Gasteiger partial charge on any atom is 0.303 e. The summed E-state index contributed by atoms with van der Waals surface area (Å²) in [6.45, 7) is 10.1. The third-order valence-corrected chi connectivity index (χ3v) is 9.48. The highest BCUT2D eigenvalue weighted by molar-refractivity contribution is 6.01. The monoisotopic (exact) mass is 472 g/mol. The number of carbonyl (C=O) groups is 4. The molecule has 4 aliphatic carbocycles. The average Bonchev–Trinajstić information content (AvgIpc) is 2.94. The molecule has 4 aliphatic rings. The van der Waals surface area contributed by atoms with Crippen LogP contribution in [-0.2, 0) is 28.7 Å². The van der Waals surface area contributed by atoms with E-state index in [1.54, 1.807) is 12.2 Å². The number of aliphatic hydroxyl groups excluding tert-OH is 1. The van der Waals surface area contributed by atoms with Crippen molar-refractivity contribution >= 4 is 23.5 Å². The lowest BCUT2D eigenvalue weighted by molar-refractivity contribution is -0.205. The first-order valence-electron chi connectivity index (χ1n) is 12.3. The second-order valence-corrected chi connectivity index (χ2v) is 11.4. The molecule has 0 aromatic rings. The van der Waals surface area contributed by atoms with Crippen LogP contribution in [0.2, 0.25) is 0 Å². The van der Waals surface area contributed by atoms with Crippen LogP contribution in [0, 0.1) is 40.4 Å². The van der Waals surface area contributed by atoms with Gasteiger partial charge in [0.25, 0.3) is 0 Å². The first kappa shape index (κ1) is 24.8. The molecule has 3 saturated carbocycles. The van der Waals surface area contributed by atoms with Crippen molar-refractivity contribution in [2.24, 2.45) is 40.4 Å². The lowest BCUT2D eigenvalue weighted by atomic mass is 9.44. The van der Waals surface area contributed by atoms with Crippen molar-refractivity contribution in [1.82, 2.24) is 0 Å². The number of carbonyl (C=O) groups excluding carboxylic acids is 4. The fourth-order valence-corrected chi connectivity index (χ4v) is 8.44. The Balaban J connectivity index is 1.80. The molecule has 3 unspecified atom stereocenters. The molecule has 1 N–H and O–H groups in total. The van der Waals surface area contributed by atoms with E-state index in [1.165, 1.54) is 13.8 Å². The van der Waals surface area contributed by atoms with Crippen LogP contribution >= 0.6 is 0 Å². The van der Waals surface area contributed by atoms with E-state index >= 15 is 0 Å². The zero-order chi connectivity index (χ0) is 25.2. The van der Waals surface area contributed by atoms with Gasteiger partial charge in [0.15, 0.2) is 18.0 Å². The number of Topliss-reactive ketones (excluding diaryl/α,β-unsaturated/α-hetero) is 1. The van der Waals surface area contributed by atoms with Crippen molar-refractivity contribution in [3.8, 4) is 0 Å². The number of hydrogen-bond acceptors (Lipinski definition) is 7. The molecule has 0 bridgehead atoms. The number of hydrogen-bond donors (Lipinski definition) is 1. The molecule has 0 aromatic heterocycles. The van der Waals surface area contributed by atoms with Crippen LogP contribution in [0.4, 0.5) is 0 Å². The van der Waals surface area contributed by atoms with Gasteiger partial charge in [-0.1, -0.05) is 39.3 Å². The summed E-state index contributed by atoms with van der Waals surface area (Å²) in [5, 5.41) is 11.6. The summed E-state index contributed by atoms with van der Waals surface area (Å²) in [6, 6.07) is 0. The standard InChI is InChI=1S/C27H36O7/c1-14-9-19-21-10-15(2)27(34-17(4)29,23(32)13-33-16(3)28)26(21,6)12-22(31)24(19)25(5)8-7-18(30)11-20(14)25/h7-8,11,14-15,19,21-22,24,31H,9-10,12-13H2,1-6H3/t14?,15?,19-,21-,22?,24+,25-,26-,27-/m0/s1. The Morgan fingerprint density at radius 2 is 1.79 bits per heavy atom. The van der Waals surface area contributed by atoms with E-state index in [0.717, 1.165) is 12.0 Å². The van der Waals surface area contributed by atoms with E-state index in [9.17, 15) is 24.3 Å². The second kappa shape index (κ2) is 8.14. The third-order valence-electron chi connectivity index (χ3n) is 9.48. The SMILES string of the molecule is CC(=O)OCC(=O)[C@@]1(OC(C)=O)C(C)C[C@H]2[C@@H]3CC(C)C4=CC(=O)C=C[C@]4(C)[C@H]3C(O)C[C@@]21C. The van der Waals surface area contributed by atoms with Gasteiger partial charge in [-0.05, 0) is 49.2 Å². The Labute approximate surface area is 200 Å². The van der Waals surface area contributed by atoms with Crippen LogP contribution in [-0.4, -0.2) is 46.9 Å². The maximum absolute atomic E-state index is 13.6. The summed E-state index contributed by atoms with van der Waals surface area (Å²) < 4.78 is 11.0. The fourth-order valence-electron chi connectivity index (χ4n) is 8.44. The van der Waals surface area contributed by atoms with Crippen molar-refractivity contribution in [2.45, 2.75) is 72.5 Å². The van der Waals surface area contributed by atoms with Gasteiger partial charge in [0.1, 0.15) is 0 Å². The Morgan fingerprint density at radius 3 is 2.41 bits per heavy atom. The van der Waals surface area contributed by atoms with E-state index in [2.05, 4.69) is 13.8 Å². The van der Waals surface area contributed by atoms with Crippen LogP contribution in [0.1, 0.15) is 60.8 Å². The van der Waals surface area contributed by atoms with Gasteiger partial charge < -0.3 is 14.6 Å². The van der Waals surface area contributed by atoms with E-state index in [1.807, 2.05) is 19.9 Å². The summed E-state index contributed by atoms with van der Waals surface area (Å²) >= 11 is 0. The lowest BCUT2D eigenvalue weighted by Gasteiger charge is -2.61. The molecule has 0 aromatic carbocycles. The van der Waals surface area contributed by atoms with Crippen LogP contribution in [0.25, 0.3) is 0 Å². The van der Waals surface area contributed by atoms with Gasteiger partial charge in [0.05, 0.1) is 6.10 Å². The van der Waals surface area contributed by atoms with Crippen LogP contribution in [0.15, 0.2) is 23.8 Å². The van der Waals surface area contributed by atoms with E-state index < -0.39 is 46.9 Å². The Morgan fingerprint density at radius 1 is 1.12 bits per heavy atom. The van der Waals surface area contributed by atoms with E-state index in [4.69, 9.17) is 9.47 Å². The summed E-state index contributed by atoms with van der Waals surface area (Å²) in [5.74, 6) is -1.77. The lowest BCUT2D eigenvalue weighted by Crippen LogP contribution is -2.64. The van der Waals surface area contributed by atoms with Gasteiger partial charge in [-0.15, -0.1) is 0 Å². The van der Waals surface area contributed by atoms with Gasteiger partial charge in [-0.3, -0.25) is 19.2 Å². The largest absolute Gasteiger partial charge is 0.458 e. The molecule has 7 heteroatoms.